The van der Waals surface area contributed by atoms with Crippen molar-refractivity contribution in [2.45, 2.75) is 24.2 Å². The molecule has 0 aliphatic heterocycles. The highest BCUT2D eigenvalue weighted by Gasteiger charge is 2.32. The van der Waals surface area contributed by atoms with Gasteiger partial charge >= 0.3 is 16.3 Å². The van der Waals surface area contributed by atoms with Gasteiger partial charge in [-0.05, 0) is 53.6 Å². The first-order valence-electron chi connectivity index (χ1n) is 10.2. The van der Waals surface area contributed by atoms with Gasteiger partial charge in [0, 0.05) is 20.2 Å². The fraction of sp³-hybridized carbons (Fsp3) is 0.208. The minimum absolute atomic E-state index is 0.112. The van der Waals surface area contributed by atoms with Crippen LogP contribution in [0.2, 0.25) is 0 Å². The molecule has 0 heterocycles. The predicted octanol–water partition coefficient (Wildman–Crippen LogP) is 4.79. The molecule has 11 heteroatoms. The lowest BCUT2D eigenvalue weighted by molar-refractivity contribution is -0.138. The van der Waals surface area contributed by atoms with E-state index in [2.05, 4.69) is 0 Å². The molecule has 3 aromatic carbocycles. The summed E-state index contributed by atoms with van der Waals surface area (Å²) >= 11 is 0. The van der Waals surface area contributed by atoms with Gasteiger partial charge in [0.25, 0.3) is 0 Å². The zero-order chi connectivity index (χ0) is 25.6. The topological polar surface area (TPSA) is 72.9 Å². The molecule has 186 valence electrons. The van der Waals surface area contributed by atoms with Gasteiger partial charge in [0.15, 0.2) is 0 Å². The van der Waals surface area contributed by atoms with E-state index in [0.29, 0.717) is 17.2 Å². The molecule has 3 aromatic rings. The first-order chi connectivity index (χ1) is 16.5. The number of carbonyl (C=O) groups excluding carboxylic acids is 1. The van der Waals surface area contributed by atoms with E-state index in [1.54, 1.807) is 12.1 Å². The minimum atomic E-state index is -4.70. The molecular weight excluding hydrogens is 490 g/mol. The third-order valence-electron chi connectivity index (χ3n) is 4.86. The number of halogens is 4. The maximum absolute atomic E-state index is 13.2. The van der Waals surface area contributed by atoms with Crippen LogP contribution in [0.3, 0.4) is 0 Å². The van der Waals surface area contributed by atoms with Crippen molar-refractivity contribution in [1.82, 2.24) is 4.90 Å². The Kier molecular flexibility index (Phi) is 8.13. The van der Waals surface area contributed by atoms with Crippen LogP contribution in [0.15, 0.2) is 77.7 Å². The van der Waals surface area contributed by atoms with Gasteiger partial charge in [-0.1, -0.05) is 30.3 Å². The second-order valence-electron chi connectivity index (χ2n) is 7.52. The van der Waals surface area contributed by atoms with Crippen molar-refractivity contribution in [3.63, 3.8) is 0 Å². The second-order valence-corrected chi connectivity index (χ2v) is 9.06. The standard InChI is InChI=1S/C24H21F4NO5S/c1-33-16-23(30)29(14-17-5-9-20(25)10-6-17)15-18-7-11-21(12-8-18)34-35(31,32)22-4-2-3-19(13-22)24(26,27)28/h2-13H,14-16H2,1H3. The van der Waals surface area contributed by atoms with E-state index in [1.165, 1.54) is 48.4 Å². The van der Waals surface area contributed by atoms with E-state index in [9.17, 15) is 30.8 Å². The fourth-order valence-corrected chi connectivity index (χ4v) is 4.11. The summed E-state index contributed by atoms with van der Waals surface area (Å²) in [7, 11) is -3.13. The van der Waals surface area contributed by atoms with Crippen molar-refractivity contribution in [2.75, 3.05) is 13.7 Å². The minimum Gasteiger partial charge on any atom is -0.379 e. The molecule has 0 atom stereocenters. The number of rotatable bonds is 9. The second kappa shape index (κ2) is 10.9. The van der Waals surface area contributed by atoms with Crippen LogP contribution in [0.4, 0.5) is 17.6 Å². The Balaban J connectivity index is 1.74. The van der Waals surface area contributed by atoms with Crippen molar-refractivity contribution in [1.29, 1.82) is 0 Å². The molecule has 0 fully saturated rings. The summed E-state index contributed by atoms with van der Waals surface area (Å²) in [6.45, 7) is 0.155. The first-order valence-corrected chi connectivity index (χ1v) is 11.6. The third-order valence-corrected chi connectivity index (χ3v) is 6.10. The van der Waals surface area contributed by atoms with E-state index in [4.69, 9.17) is 8.92 Å². The molecule has 0 N–H and O–H groups in total. The normalized spacial score (nSPS) is 11.8. The zero-order valence-electron chi connectivity index (χ0n) is 18.5. The van der Waals surface area contributed by atoms with E-state index in [1.807, 2.05) is 0 Å². The number of alkyl halides is 3. The van der Waals surface area contributed by atoms with Crippen molar-refractivity contribution in [2.24, 2.45) is 0 Å². The molecule has 3 rings (SSSR count). The van der Waals surface area contributed by atoms with Crippen LogP contribution in [0.1, 0.15) is 16.7 Å². The lowest BCUT2D eigenvalue weighted by Crippen LogP contribution is -2.32. The van der Waals surface area contributed by atoms with Crippen LogP contribution in [0, 0.1) is 5.82 Å². The van der Waals surface area contributed by atoms with Crippen LogP contribution in [0.5, 0.6) is 5.75 Å². The van der Waals surface area contributed by atoms with Gasteiger partial charge in [0.2, 0.25) is 5.91 Å². The van der Waals surface area contributed by atoms with Gasteiger partial charge in [-0.3, -0.25) is 4.79 Å². The summed E-state index contributed by atoms with van der Waals surface area (Å²) in [4.78, 5) is 13.3. The van der Waals surface area contributed by atoms with Gasteiger partial charge in [0.1, 0.15) is 23.1 Å². The predicted molar refractivity (Wildman–Crippen MR) is 118 cm³/mol. The molecular formula is C24H21F4NO5S. The number of nitrogens with zero attached hydrogens (tertiary/aromatic N) is 1. The van der Waals surface area contributed by atoms with E-state index in [0.717, 1.165) is 18.2 Å². The molecule has 0 unspecified atom stereocenters. The van der Waals surface area contributed by atoms with Crippen molar-refractivity contribution < 1.29 is 39.7 Å². The summed E-state index contributed by atoms with van der Waals surface area (Å²) in [5.74, 6) is -0.831. The Bertz CT molecular complexity index is 1260. The van der Waals surface area contributed by atoms with Crippen LogP contribution in [-0.4, -0.2) is 32.9 Å². The monoisotopic (exact) mass is 511 g/mol. The summed E-state index contributed by atoms with van der Waals surface area (Å²) in [5, 5.41) is 0. The number of methoxy groups -OCH3 is 1. The lowest BCUT2D eigenvalue weighted by Gasteiger charge is -2.23. The molecule has 6 nitrogen and oxygen atoms in total. The summed E-state index contributed by atoms with van der Waals surface area (Å²) in [5.41, 5.74) is 0.211. The molecule has 0 saturated heterocycles. The Hall–Kier alpha value is -3.44. The summed E-state index contributed by atoms with van der Waals surface area (Å²) < 4.78 is 86.7. The average molecular weight is 511 g/mol. The third kappa shape index (κ3) is 7.27. The number of ether oxygens (including phenoxy) is 1. The van der Waals surface area contributed by atoms with Gasteiger partial charge in [-0.25, -0.2) is 4.39 Å². The lowest BCUT2D eigenvalue weighted by atomic mass is 10.1. The van der Waals surface area contributed by atoms with E-state index >= 15 is 0 Å². The molecule has 0 spiro atoms. The SMILES string of the molecule is COCC(=O)N(Cc1ccc(F)cc1)Cc1ccc(OS(=O)(=O)c2cccc(C(F)(F)F)c2)cc1. The van der Waals surface area contributed by atoms with Crippen molar-refractivity contribution >= 4 is 16.0 Å². The largest absolute Gasteiger partial charge is 0.416 e. The molecule has 0 radical (unpaired) electrons. The van der Waals surface area contributed by atoms with Gasteiger partial charge < -0.3 is 13.8 Å². The Morgan fingerprint density at radius 1 is 0.914 bits per heavy atom. The summed E-state index contributed by atoms with van der Waals surface area (Å²) in [6, 6.07) is 14.6. The van der Waals surface area contributed by atoms with Crippen molar-refractivity contribution in [3.05, 3.63) is 95.3 Å². The fourth-order valence-electron chi connectivity index (χ4n) is 3.13. The number of hydrogen-bond acceptors (Lipinski definition) is 5. The number of benzene rings is 3. The number of carbonyl (C=O) groups is 1. The van der Waals surface area contributed by atoms with Crippen LogP contribution < -0.4 is 4.18 Å². The molecule has 1 amide bonds. The maximum Gasteiger partial charge on any atom is 0.416 e. The molecule has 0 aromatic heterocycles. The van der Waals surface area contributed by atoms with Crippen LogP contribution in [0.25, 0.3) is 0 Å². The van der Waals surface area contributed by atoms with E-state index < -0.39 is 32.6 Å². The van der Waals surface area contributed by atoms with Gasteiger partial charge in [-0.15, -0.1) is 0 Å². The Morgan fingerprint density at radius 3 is 2.03 bits per heavy atom. The first kappa shape index (κ1) is 26.2. The molecule has 0 aliphatic rings. The highest BCUT2D eigenvalue weighted by Crippen LogP contribution is 2.31. The quantitative estimate of drug-likeness (QED) is 0.305. The maximum atomic E-state index is 13.2. The molecule has 0 bridgehead atoms. The van der Waals surface area contributed by atoms with E-state index in [-0.39, 0.29) is 31.4 Å². The molecule has 35 heavy (non-hydrogen) atoms. The highest BCUT2D eigenvalue weighted by atomic mass is 32.2. The number of amides is 1. The Labute approximate surface area is 199 Å². The van der Waals surface area contributed by atoms with Crippen LogP contribution >= 0.6 is 0 Å². The van der Waals surface area contributed by atoms with Gasteiger partial charge in [-0.2, -0.15) is 21.6 Å². The average Bonchev–Trinajstić information content (AvgIpc) is 2.81. The smallest absolute Gasteiger partial charge is 0.379 e. The Morgan fingerprint density at radius 2 is 1.49 bits per heavy atom. The van der Waals surface area contributed by atoms with Crippen LogP contribution in [-0.2, 0) is 38.9 Å². The zero-order valence-corrected chi connectivity index (χ0v) is 19.3. The van der Waals surface area contributed by atoms with Gasteiger partial charge in [0.05, 0.1) is 5.56 Å². The van der Waals surface area contributed by atoms with Crippen molar-refractivity contribution in [3.8, 4) is 5.75 Å². The number of hydrogen-bond donors (Lipinski definition) is 0. The summed E-state index contributed by atoms with van der Waals surface area (Å²) in [6.07, 6.45) is -4.70. The molecule has 0 aliphatic carbocycles. The highest BCUT2D eigenvalue weighted by molar-refractivity contribution is 7.87. The molecule has 0 saturated carbocycles.